The molecule has 1 amide bonds. The van der Waals surface area contributed by atoms with Crippen molar-refractivity contribution in [3.05, 3.63) is 34.3 Å². The van der Waals surface area contributed by atoms with Gasteiger partial charge in [-0.25, -0.2) is 0 Å². The van der Waals surface area contributed by atoms with Gasteiger partial charge in [0.2, 0.25) is 5.91 Å². The Morgan fingerprint density at radius 3 is 2.47 bits per heavy atom. The predicted octanol–water partition coefficient (Wildman–Crippen LogP) is 2.60. The summed E-state index contributed by atoms with van der Waals surface area (Å²) < 4.78 is 1.05. The first-order chi connectivity index (χ1) is 9.19. The van der Waals surface area contributed by atoms with Crippen molar-refractivity contribution < 1.29 is 4.79 Å². The maximum atomic E-state index is 12.3. The van der Waals surface area contributed by atoms with E-state index < -0.39 is 0 Å². The van der Waals surface area contributed by atoms with E-state index in [1.54, 1.807) is 0 Å². The zero-order chi connectivity index (χ0) is 13.7. The van der Waals surface area contributed by atoms with Crippen molar-refractivity contribution in [1.82, 2.24) is 10.6 Å². The minimum absolute atomic E-state index is 0.174. The molecule has 2 rings (SSSR count). The minimum atomic E-state index is -0.258. The third-order valence-corrected chi connectivity index (χ3v) is 4.12. The van der Waals surface area contributed by atoms with Gasteiger partial charge in [0.25, 0.3) is 0 Å². The first kappa shape index (κ1) is 14.5. The van der Waals surface area contributed by atoms with Crippen LogP contribution in [0.15, 0.2) is 28.7 Å². The fraction of sp³-hybridized carbons (Fsp3) is 0.533. The molecule has 0 heterocycles. The van der Waals surface area contributed by atoms with Crippen molar-refractivity contribution in [1.29, 1.82) is 0 Å². The van der Waals surface area contributed by atoms with E-state index in [0.717, 1.165) is 42.4 Å². The highest BCUT2D eigenvalue weighted by molar-refractivity contribution is 9.10. The lowest BCUT2D eigenvalue weighted by Crippen LogP contribution is -2.38. The van der Waals surface area contributed by atoms with Gasteiger partial charge in [-0.3, -0.25) is 4.79 Å². The number of rotatable bonds is 7. The maximum absolute atomic E-state index is 12.3. The van der Waals surface area contributed by atoms with Crippen LogP contribution in [0.4, 0.5) is 0 Å². The van der Waals surface area contributed by atoms with E-state index in [1.165, 1.54) is 0 Å². The monoisotopic (exact) mass is 324 g/mol. The smallest absolute Gasteiger partial charge is 0.230 e. The van der Waals surface area contributed by atoms with Crippen LogP contribution in [0.1, 0.15) is 31.7 Å². The number of carbonyl (C=O) groups is 1. The van der Waals surface area contributed by atoms with Crippen LogP contribution >= 0.6 is 15.9 Å². The summed E-state index contributed by atoms with van der Waals surface area (Å²) in [5.41, 5.74) is 0.876. The van der Waals surface area contributed by atoms with Gasteiger partial charge >= 0.3 is 0 Å². The standard InChI is InChI=1S/C15H21BrN2O/c1-2-9-17-10-11-18-14(19)15(7-8-15)12-3-5-13(16)6-4-12/h3-6,17H,2,7-11H2,1H3,(H,18,19). The largest absolute Gasteiger partial charge is 0.354 e. The van der Waals surface area contributed by atoms with E-state index in [0.29, 0.717) is 6.54 Å². The molecule has 0 aromatic heterocycles. The average molecular weight is 325 g/mol. The molecule has 0 saturated heterocycles. The molecule has 104 valence electrons. The van der Waals surface area contributed by atoms with Crippen LogP contribution in [0.3, 0.4) is 0 Å². The summed E-state index contributed by atoms with van der Waals surface area (Å²) in [4.78, 5) is 12.3. The van der Waals surface area contributed by atoms with E-state index in [1.807, 2.05) is 24.3 Å². The second kappa shape index (κ2) is 6.53. The molecule has 1 aromatic rings. The van der Waals surface area contributed by atoms with Gasteiger partial charge in [0.1, 0.15) is 0 Å². The Morgan fingerprint density at radius 1 is 1.21 bits per heavy atom. The van der Waals surface area contributed by atoms with E-state index in [9.17, 15) is 4.79 Å². The number of nitrogens with one attached hydrogen (secondary N) is 2. The van der Waals surface area contributed by atoms with Crippen LogP contribution in [0.25, 0.3) is 0 Å². The Morgan fingerprint density at radius 2 is 1.89 bits per heavy atom. The summed E-state index contributed by atoms with van der Waals surface area (Å²) in [6.07, 6.45) is 3.04. The van der Waals surface area contributed by atoms with Gasteiger partial charge in [-0.1, -0.05) is 35.0 Å². The van der Waals surface area contributed by atoms with Crippen LogP contribution in [-0.2, 0) is 10.2 Å². The Bertz CT molecular complexity index is 426. The number of hydrogen-bond acceptors (Lipinski definition) is 2. The molecule has 1 aromatic carbocycles. The molecule has 4 heteroatoms. The summed E-state index contributed by atoms with van der Waals surface area (Å²) in [6, 6.07) is 8.11. The highest BCUT2D eigenvalue weighted by atomic mass is 79.9. The van der Waals surface area contributed by atoms with Crippen molar-refractivity contribution >= 4 is 21.8 Å². The van der Waals surface area contributed by atoms with Crippen LogP contribution < -0.4 is 10.6 Å². The number of hydrogen-bond donors (Lipinski definition) is 2. The van der Waals surface area contributed by atoms with Gasteiger partial charge in [0, 0.05) is 17.6 Å². The number of benzene rings is 1. The lowest BCUT2D eigenvalue weighted by molar-refractivity contribution is -0.123. The summed E-state index contributed by atoms with van der Waals surface area (Å²) in [7, 11) is 0. The van der Waals surface area contributed by atoms with Crippen molar-refractivity contribution in [3.8, 4) is 0 Å². The molecule has 0 unspecified atom stereocenters. The highest BCUT2D eigenvalue weighted by Crippen LogP contribution is 2.48. The summed E-state index contributed by atoms with van der Waals surface area (Å²) in [5.74, 6) is 0.174. The van der Waals surface area contributed by atoms with Gasteiger partial charge in [0.15, 0.2) is 0 Å². The molecule has 0 spiro atoms. The van der Waals surface area contributed by atoms with E-state index in [-0.39, 0.29) is 11.3 Å². The summed E-state index contributed by atoms with van der Waals surface area (Å²) in [6.45, 7) is 4.69. The second-order valence-electron chi connectivity index (χ2n) is 5.09. The molecule has 0 atom stereocenters. The van der Waals surface area contributed by atoms with Crippen LogP contribution in [0, 0.1) is 0 Å². The number of amides is 1. The number of carbonyl (C=O) groups excluding carboxylic acids is 1. The van der Waals surface area contributed by atoms with Gasteiger partial charge in [-0.15, -0.1) is 0 Å². The maximum Gasteiger partial charge on any atom is 0.230 e. The lowest BCUT2D eigenvalue weighted by atomic mass is 9.95. The Kier molecular flexibility index (Phi) is 4.99. The van der Waals surface area contributed by atoms with Crippen molar-refractivity contribution in [2.45, 2.75) is 31.6 Å². The quantitative estimate of drug-likeness (QED) is 0.757. The molecule has 1 aliphatic rings. The van der Waals surface area contributed by atoms with Crippen molar-refractivity contribution in [2.75, 3.05) is 19.6 Å². The SMILES string of the molecule is CCCNCCNC(=O)C1(c2ccc(Br)cc2)CC1. The topological polar surface area (TPSA) is 41.1 Å². The van der Waals surface area contributed by atoms with E-state index in [2.05, 4.69) is 33.5 Å². The molecule has 3 nitrogen and oxygen atoms in total. The van der Waals surface area contributed by atoms with E-state index in [4.69, 9.17) is 0 Å². The van der Waals surface area contributed by atoms with Crippen LogP contribution in [0.5, 0.6) is 0 Å². The zero-order valence-electron chi connectivity index (χ0n) is 11.3. The van der Waals surface area contributed by atoms with Crippen molar-refractivity contribution in [2.24, 2.45) is 0 Å². The fourth-order valence-electron chi connectivity index (χ4n) is 2.28. The average Bonchev–Trinajstić information content (AvgIpc) is 3.21. The zero-order valence-corrected chi connectivity index (χ0v) is 12.9. The second-order valence-corrected chi connectivity index (χ2v) is 6.01. The first-order valence-corrected chi connectivity index (χ1v) is 7.73. The van der Waals surface area contributed by atoms with Gasteiger partial charge in [-0.2, -0.15) is 0 Å². The molecule has 1 saturated carbocycles. The summed E-state index contributed by atoms with van der Waals surface area (Å²) in [5, 5.41) is 6.33. The highest BCUT2D eigenvalue weighted by Gasteiger charge is 2.50. The molecule has 19 heavy (non-hydrogen) atoms. The van der Waals surface area contributed by atoms with Crippen molar-refractivity contribution in [3.63, 3.8) is 0 Å². The molecular weight excluding hydrogens is 304 g/mol. The Hall–Kier alpha value is -0.870. The molecule has 0 radical (unpaired) electrons. The molecule has 0 bridgehead atoms. The molecule has 1 fully saturated rings. The van der Waals surface area contributed by atoms with Gasteiger partial charge < -0.3 is 10.6 Å². The van der Waals surface area contributed by atoms with E-state index >= 15 is 0 Å². The van der Waals surface area contributed by atoms with Crippen LogP contribution in [-0.4, -0.2) is 25.5 Å². The third-order valence-electron chi connectivity index (χ3n) is 3.60. The fourth-order valence-corrected chi connectivity index (χ4v) is 2.54. The molecule has 0 aliphatic heterocycles. The molecule has 1 aliphatic carbocycles. The first-order valence-electron chi connectivity index (χ1n) is 6.94. The minimum Gasteiger partial charge on any atom is -0.354 e. The third kappa shape index (κ3) is 3.57. The summed E-state index contributed by atoms with van der Waals surface area (Å²) >= 11 is 3.43. The Labute approximate surface area is 123 Å². The van der Waals surface area contributed by atoms with Gasteiger partial charge in [0.05, 0.1) is 5.41 Å². The lowest BCUT2D eigenvalue weighted by Gasteiger charge is -2.16. The molecular formula is C15H21BrN2O. The number of halogens is 1. The predicted molar refractivity (Wildman–Crippen MR) is 81.2 cm³/mol. The Balaban J connectivity index is 1.86. The van der Waals surface area contributed by atoms with Crippen LogP contribution in [0.2, 0.25) is 0 Å². The van der Waals surface area contributed by atoms with Gasteiger partial charge in [-0.05, 0) is 43.5 Å². The molecule has 2 N–H and O–H groups in total. The normalized spacial score (nSPS) is 16.1.